The second kappa shape index (κ2) is 5.07. The topological polar surface area (TPSA) is 66.5 Å². The van der Waals surface area contributed by atoms with E-state index < -0.39 is 0 Å². The number of nitrogens with one attached hydrogen (secondary N) is 1. The summed E-state index contributed by atoms with van der Waals surface area (Å²) in [6.07, 6.45) is 1.65. The average molecular weight is 262 g/mol. The molecule has 1 heterocycles. The second-order valence-electron chi connectivity index (χ2n) is 3.97. The number of halogens is 1. The van der Waals surface area contributed by atoms with Gasteiger partial charge in [0.1, 0.15) is 12.4 Å². The van der Waals surface area contributed by atoms with Crippen LogP contribution in [0.3, 0.4) is 0 Å². The standard InChI is InChI=1S/C12H12ClN5/c1-8(12-17-15-7-18(12)2)16-10-4-3-9(6-14)11(13)5-10/h3-5,7-8,16H,1-2H3. The van der Waals surface area contributed by atoms with Crippen molar-refractivity contribution in [3.63, 3.8) is 0 Å². The summed E-state index contributed by atoms with van der Waals surface area (Å²) in [6.45, 7) is 1.98. The Morgan fingerprint density at radius 2 is 2.28 bits per heavy atom. The number of nitrogens with zero attached hydrogens (tertiary/aromatic N) is 4. The van der Waals surface area contributed by atoms with Gasteiger partial charge in [-0.15, -0.1) is 10.2 Å². The van der Waals surface area contributed by atoms with Gasteiger partial charge in [-0.25, -0.2) is 0 Å². The number of benzene rings is 1. The second-order valence-corrected chi connectivity index (χ2v) is 4.38. The Labute approximate surface area is 110 Å². The Hall–Kier alpha value is -2.06. The van der Waals surface area contributed by atoms with Gasteiger partial charge in [-0.1, -0.05) is 11.6 Å². The maximum absolute atomic E-state index is 8.80. The molecule has 0 saturated carbocycles. The molecule has 0 fully saturated rings. The van der Waals surface area contributed by atoms with Crippen molar-refractivity contribution in [1.29, 1.82) is 5.26 Å². The number of hydrogen-bond donors (Lipinski definition) is 1. The van der Waals surface area contributed by atoms with E-state index in [1.807, 2.05) is 30.7 Å². The predicted molar refractivity (Wildman–Crippen MR) is 69.2 cm³/mol. The minimum atomic E-state index is 0.00139. The zero-order valence-electron chi connectivity index (χ0n) is 10.1. The molecule has 1 aromatic heterocycles. The number of rotatable bonds is 3. The number of aromatic nitrogens is 3. The molecule has 0 spiro atoms. The number of aryl methyl sites for hydroxylation is 1. The van der Waals surface area contributed by atoms with Crippen LogP contribution in [0.2, 0.25) is 5.02 Å². The van der Waals surface area contributed by atoms with Crippen LogP contribution >= 0.6 is 11.6 Å². The zero-order valence-corrected chi connectivity index (χ0v) is 10.8. The third-order valence-electron chi connectivity index (χ3n) is 2.61. The summed E-state index contributed by atoms with van der Waals surface area (Å²) in [4.78, 5) is 0. The molecular weight excluding hydrogens is 250 g/mol. The Morgan fingerprint density at radius 3 is 2.83 bits per heavy atom. The highest BCUT2D eigenvalue weighted by Gasteiger charge is 2.11. The van der Waals surface area contributed by atoms with Gasteiger partial charge in [0.25, 0.3) is 0 Å². The van der Waals surface area contributed by atoms with Gasteiger partial charge in [0.05, 0.1) is 16.6 Å². The first-order valence-corrected chi connectivity index (χ1v) is 5.79. The Kier molecular flexibility index (Phi) is 3.49. The summed E-state index contributed by atoms with van der Waals surface area (Å²) < 4.78 is 1.85. The quantitative estimate of drug-likeness (QED) is 0.922. The number of hydrogen-bond acceptors (Lipinski definition) is 4. The summed E-state index contributed by atoms with van der Waals surface area (Å²) in [5, 5.41) is 20.4. The number of nitriles is 1. The Morgan fingerprint density at radius 1 is 1.50 bits per heavy atom. The maximum atomic E-state index is 8.80. The average Bonchev–Trinajstić information content (AvgIpc) is 2.76. The summed E-state index contributed by atoms with van der Waals surface area (Å²) >= 11 is 5.97. The highest BCUT2D eigenvalue weighted by molar-refractivity contribution is 6.32. The molecule has 0 aliphatic heterocycles. The van der Waals surface area contributed by atoms with E-state index in [-0.39, 0.29) is 6.04 Å². The molecule has 1 unspecified atom stereocenters. The van der Waals surface area contributed by atoms with Crippen LogP contribution in [0.15, 0.2) is 24.5 Å². The number of anilines is 1. The van der Waals surface area contributed by atoms with Crippen LogP contribution in [-0.2, 0) is 7.05 Å². The smallest absolute Gasteiger partial charge is 0.154 e. The summed E-state index contributed by atoms with van der Waals surface area (Å²) in [7, 11) is 1.89. The molecule has 92 valence electrons. The van der Waals surface area contributed by atoms with Crippen LogP contribution < -0.4 is 5.32 Å². The fraction of sp³-hybridized carbons (Fsp3) is 0.250. The lowest BCUT2D eigenvalue weighted by Gasteiger charge is -2.14. The fourth-order valence-corrected chi connectivity index (χ4v) is 1.92. The molecular formula is C12H12ClN5. The third-order valence-corrected chi connectivity index (χ3v) is 2.92. The molecule has 1 atom stereocenters. The minimum absolute atomic E-state index is 0.00139. The molecule has 0 amide bonds. The SMILES string of the molecule is CC(Nc1ccc(C#N)c(Cl)c1)c1nncn1C. The molecule has 6 heteroatoms. The monoisotopic (exact) mass is 261 g/mol. The molecule has 0 saturated heterocycles. The van der Waals surface area contributed by atoms with Gasteiger partial charge < -0.3 is 9.88 Å². The van der Waals surface area contributed by atoms with E-state index in [0.717, 1.165) is 11.5 Å². The van der Waals surface area contributed by atoms with Crippen molar-refractivity contribution >= 4 is 17.3 Å². The van der Waals surface area contributed by atoms with Crippen LogP contribution in [-0.4, -0.2) is 14.8 Å². The molecule has 0 aliphatic carbocycles. The molecule has 0 bridgehead atoms. The molecule has 1 N–H and O–H groups in total. The van der Waals surface area contributed by atoms with Crippen molar-refractivity contribution < 1.29 is 0 Å². The molecule has 2 rings (SSSR count). The zero-order chi connectivity index (χ0) is 13.1. The Bertz CT molecular complexity index is 599. The first-order chi connectivity index (χ1) is 8.61. The normalized spacial score (nSPS) is 11.9. The predicted octanol–water partition coefficient (Wildman–Crippen LogP) is 2.51. The van der Waals surface area contributed by atoms with Crippen LogP contribution in [0.5, 0.6) is 0 Å². The van der Waals surface area contributed by atoms with Crippen molar-refractivity contribution in [3.05, 3.63) is 40.9 Å². The van der Waals surface area contributed by atoms with Crippen molar-refractivity contribution in [1.82, 2.24) is 14.8 Å². The van der Waals surface area contributed by atoms with Crippen molar-refractivity contribution in [2.45, 2.75) is 13.0 Å². The van der Waals surface area contributed by atoms with Gasteiger partial charge in [0.15, 0.2) is 5.82 Å². The summed E-state index contributed by atoms with van der Waals surface area (Å²) in [5.74, 6) is 0.829. The van der Waals surface area contributed by atoms with Gasteiger partial charge in [-0.3, -0.25) is 0 Å². The van der Waals surface area contributed by atoms with Gasteiger partial charge in [-0.2, -0.15) is 5.26 Å². The summed E-state index contributed by atoms with van der Waals surface area (Å²) in [5.41, 5.74) is 1.31. The van der Waals surface area contributed by atoms with E-state index in [4.69, 9.17) is 16.9 Å². The fourth-order valence-electron chi connectivity index (χ4n) is 1.69. The molecule has 0 aliphatic rings. The van der Waals surface area contributed by atoms with E-state index in [0.29, 0.717) is 10.6 Å². The van der Waals surface area contributed by atoms with Gasteiger partial charge in [0.2, 0.25) is 0 Å². The molecule has 0 radical (unpaired) electrons. The highest BCUT2D eigenvalue weighted by Crippen LogP contribution is 2.23. The maximum Gasteiger partial charge on any atom is 0.154 e. The molecule has 18 heavy (non-hydrogen) atoms. The van der Waals surface area contributed by atoms with Crippen LogP contribution in [0, 0.1) is 11.3 Å². The van der Waals surface area contributed by atoms with Crippen LogP contribution in [0.25, 0.3) is 0 Å². The van der Waals surface area contributed by atoms with Crippen molar-refractivity contribution in [2.24, 2.45) is 7.05 Å². The van der Waals surface area contributed by atoms with Crippen LogP contribution in [0.4, 0.5) is 5.69 Å². The van der Waals surface area contributed by atoms with Crippen LogP contribution in [0.1, 0.15) is 24.4 Å². The van der Waals surface area contributed by atoms with E-state index in [1.165, 1.54) is 0 Å². The third kappa shape index (κ3) is 2.44. The molecule has 5 nitrogen and oxygen atoms in total. The molecule has 1 aromatic carbocycles. The first kappa shape index (κ1) is 12.4. The van der Waals surface area contributed by atoms with E-state index in [2.05, 4.69) is 15.5 Å². The Balaban J connectivity index is 2.18. The van der Waals surface area contributed by atoms with E-state index >= 15 is 0 Å². The minimum Gasteiger partial charge on any atom is -0.375 e. The van der Waals surface area contributed by atoms with E-state index in [9.17, 15) is 0 Å². The van der Waals surface area contributed by atoms with Crippen molar-refractivity contribution in [3.8, 4) is 6.07 Å². The molecule has 2 aromatic rings. The summed E-state index contributed by atoms with van der Waals surface area (Å²) in [6, 6.07) is 7.26. The first-order valence-electron chi connectivity index (χ1n) is 5.42. The van der Waals surface area contributed by atoms with Crippen molar-refractivity contribution in [2.75, 3.05) is 5.32 Å². The lowest BCUT2D eigenvalue weighted by molar-refractivity contribution is 0.719. The van der Waals surface area contributed by atoms with Gasteiger partial charge in [0, 0.05) is 12.7 Å². The largest absolute Gasteiger partial charge is 0.375 e. The lowest BCUT2D eigenvalue weighted by atomic mass is 10.2. The van der Waals surface area contributed by atoms with Gasteiger partial charge in [-0.05, 0) is 25.1 Å². The lowest BCUT2D eigenvalue weighted by Crippen LogP contribution is -2.11. The van der Waals surface area contributed by atoms with Gasteiger partial charge >= 0.3 is 0 Å². The highest BCUT2D eigenvalue weighted by atomic mass is 35.5. The van der Waals surface area contributed by atoms with E-state index in [1.54, 1.807) is 18.5 Å².